The first-order valence-electron chi connectivity index (χ1n) is 5.46. The molecule has 0 fully saturated rings. The van der Waals surface area contributed by atoms with E-state index in [-0.39, 0.29) is 6.79 Å². The van der Waals surface area contributed by atoms with Crippen LogP contribution in [0.3, 0.4) is 0 Å². The van der Waals surface area contributed by atoms with E-state index in [0.29, 0.717) is 23.7 Å². The van der Waals surface area contributed by atoms with Crippen molar-refractivity contribution in [2.24, 2.45) is 0 Å². The van der Waals surface area contributed by atoms with Crippen molar-refractivity contribution in [1.29, 1.82) is 5.26 Å². The Morgan fingerprint density at radius 1 is 1.56 bits per heavy atom. The molecular weight excluding hydrogens is 236 g/mol. The number of hydrogen-bond donors (Lipinski definition) is 1. The van der Waals surface area contributed by atoms with Gasteiger partial charge in [-0.1, -0.05) is 0 Å². The van der Waals surface area contributed by atoms with Crippen molar-refractivity contribution < 1.29 is 19.0 Å². The Morgan fingerprint density at radius 2 is 2.33 bits per heavy atom. The smallest absolute Gasteiger partial charge is 0.254 e. The van der Waals surface area contributed by atoms with Crippen LogP contribution in [0.2, 0.25) is 0 Å². The summed E-state index contributed by atoms with van der Waals surface area (Å²) in [5, 5.41) is 11.2. The van der Waals surface area contributed by atoms with Crippen LogP contribution in [-0.2, 0) is 4.74 Å². The van der Waals surface area contributed by atoms with Crippen LogP contribution in [0.25, 0.3) is 0 Å². The van der Waals surface area contributed by atoms with E-state index in [9.17, 15) is 4.79 Å². The quantitative estimate of drug-likeness (QED) is 0.805. The van der Waals surface area contributed by atoms with Crippen LogP contribution >= 0.6 is 0 Å². The number of benzene rings is 1. The number of nitrogens with one attached hydrogen (secondary N) is 1. The van der Waals surface area contributed by atoms with E-state index in [1.165, 1.54) is 0 Å². The second kappa shape index (κ2) is 5.38. The van der Waals surface area contributed by atoms with Gasteiger partial charge in [0.15, 0.2) is 11.5 Å². The summed E-state index contributed by atoms with van der Waals surface area (Å²) >= 11 is 0. The molecule has 6 nitrogen and oxygen atoms in total. The summed E-state index contributed by atoms with van der Waals surface area (Å²) in [4.78, 5) is 11.9. The Hall–Kier alpha value is -2.26. The van der Waals surface area contributed by atoms with Crippen molar-refractivity contribution in [1.82, 2.24) is 5.32 Å². The molecule has 94 valence electrons. The first kappa shape index (κ1) is 12.2. The molecule has 1 N–H and O–H groups in total. The van der Waals surface area contributed by atoms with E-state index < -0.39 is 12.1 Å². The van der Waals surface area contributed by atoms with E-state index in [4.69, 9.17) is 19.5 Å². The first-order chi connectivity index (χ1) is 8.74. The van der Waals surface area contributed by atoms with Crippen molar-refractivity contribution in [3.8, 4) is 17.6 Å². The Morgan fingerprint density at radius 3 is 3.06 bits per heavy atom. The van der Waals surface area contributed by atoms with E-state index in [0.717, 1.165) is 0 Å². The number of fused-ring (bicyclic) bond motifs is 1. The largest absolute Gasteiger partial charge is 0.454 e. The lowest BCUT2D eigenvalue weighted by Gasteiger charge is -2.11. The minimum atomic E-state index is -0.951. The molecule has 1 heterocycles. The number of ether oxygens (including phenoxy) is 3. The molecule has 1 amide bonds. The zero-order chi connectivity index (χ0) is 13.0. The Kier molecular flexibility index (Phi) is 3.65. The third-order valence-corrected chi connectivity index (χ3v) is 2.35. The third-order valence-electron chi connectivity index (χ3n) is 2.35. The second-order valence-electron chi connectivity index (χ2n) is 3.51. The van der Waals surface area contributed by atoms with Gasteiger partial charge in [-0.05, 0) is 25.1 Å². The fourth-order valence-electron chi connectivity index (χ4n) is 1.52. The molecule has 1 aliphatic heterocycles. The monoisotopic (exact) mass is 248 g/mol. The summed E-state index contributed by atoms with van der Waals surface area (Å²) in [5.41, 5.74) is 0.388. The van der Waals surface area contributed by atoms with Gasteiger partial charge in [0.1, 0.15) is 6.07 Å². The Balaban J connectivity index is 2.07. The molecule has 1 atom stereocenters. The fourth-order valence-corrected chi connectivity index (χ4v) is 1.52. The highest BCUT2D eigenvalue weighted by atomic mass is 16.7. The molecule has 1 aromatic rings. The summed E-state index contributed by atoms with van der Waals surface area (Å²) in [6, 6.07) is 6.67. The molecule has 1 aliphatic rings. The van der Waals surface area contributed by atoms with E-state index >= 15 is 0 Å². The normalized spacial score (nSPS) is 13.8. The highest BCUT2D eigenvalue weighted by Gasteiger charge is 2.18. The van der Waals surface area contributed by atoms with Crippen LogP contribution in [0.5, 0.6) is 11.5 Å². The van der Waals surface area contributed by atoms with Crippen molar-refractivity contribution in [2.75, 3.05) is 13.4 Å². The zero-order valence-electron chi connectivity index (χ0n) is 9.80. The number of nitriles is 1. The van der Waals surface area contributed by atoms with Gasteiger partial charge >= 0.3 is 0 Å². The van der Waals surface area contributed by atoms with Crippen LogP contribution < -0.4 is 14.8 Å². The summed E-state index contributed by atoms with van der Waals surface area (Å²) in [6.45, 7) is 2.25. The zero-order valence-corrected chi connectivity index (χ0v) is 9.80. The van der Waals surface area contributed by atoms with E-state index in [1.807, 2.05) is 6.07 Å². The minimum Gasteiger partial charge on any atom is -0.454 e. The molecular formula is C12H12N2O4. The third kappa shape index (κ3) is 2.52. The van der Waals surface area contributed by atoms with Gasteiger partial charge in [-0.2, -0.15) is 5.26 Å². The van der Waals surface area contributed by atoms with Crippen molar-refractivity contribution in [3.05, 3.63) is 23.8 Å². The maximum Gasteiger partial charge on any atom is 0.254 e. The molecule has 1 aromatic carbocycles. The molecule has 6 heteroatoms. The summed E-state index contributed by atoms with van der Waals surface area (Å²) in [6.07, 6.45) is -0.951. The Bertz CT molecular complexity index is 495. The molecule has 1 unspecified atom stereocenters. The van der Waals surface area contributed by atoms with Crippen LogP contribution in [0.4, 0.5) is 0 Å². The average Bonchev–Trinajstić information content (AvgIpc) is 2.85. The SMILES string of the molecule is CCOC(C#N)NC(=O)c1ccc2c(c1)OCO2. The predicted octanol–water partition coefficient (Wildman–Crippen LogP) is 1.03. The number of carbonyl (C=O) groups is 1. The molecule has 0 saturated heterocycles. The van der Waals surface area contributed by atoms with Crippen LogP contribution in [0.15, 0.2) is 18.2 Å². The molecule has 0 aromatic heterocycles. The number of nitrogens with zero attached hydrogens (tertiary/aromatic N) is 1. The van der Waals surface area contributed by atoms with E-state index in [1.54, 1.807) is 25.1 Å². The molecule has 18 heavy (non-hydrogen) atoms. The molecule has 0 spiro atoms. The predicted molar refractivity (Wildman–Crippen MR) is 61.1 cm³/mol. The lowest BCUT2D eigenvalue weighted by atomic mass is 10.2. The minimum absolute atomic E-state index is 0.153. The average molecular weight is 248 g/mol. The van der Waals surface area contributed by atoms with Gasteiger partial charge in [0, 0.05) is 12.2 Å². The Labute approximate surface area is 104 Å². The van der Waals surface area contributed by atoms with Crippen molar-refractivity contribution in [3.63, 3.8) is 0 Å². The fraction of sp³-hybridized carbons (Fsp3) is 0.333. The molecule has 0 aliphatic carbocycles. The van der Waals surface area contributed by atoms with Gasteiger partial charge in [-0.15, -0.1) is 0 Å². The summed E-state index contributed by atoms with van der Waals surface area (Å²) in [5.74, 6) is 0.731. The maximum absolute atomic E-state index is 11.9. The van der Waals surface area contributed by atoms with Gasteiger partial charge in [0.25, 0.3) is 5.91 Å². The molecule has 0 saturated carbocycles. The number of rotatable bonds is 4. The van der Waals surface area contributed by atoms with Gasteiger partial charge in [0.05, 0.1) is 0 Å². The van der Waals surface area contributed by atoms with Crippen LogP contribution in [0.1, 0.15) is 17.3 Å². The summed E-state index contributed by atoms with van der Waals surface area (Å²) < 4.78 is 15.3. The van der Waals surface area contributed by atoms with Gasteiger partial charge in [-0.25, -0.2) is 0 Å². The molecule has 0 radical (unpaired) electrons. The standard InChI is InChI=1S/C12H12N2O4/c1-2-16-11(6-13)14-12(15)8-3-4-9-10(5-8)18-7-17-9/h3-5,11H,2,7H2,1H3,(H,14,15). The number of carbonyl (C=O) groups excluding carboxylic acids is 1. The van der Waals surface area contributed by atoms with Crippen molar-refractivity contribution in [2.45, 2.75) is 13.2 Å². The van der Waals surface area contributed by atoms with Crippen LogP contribution in [-0.4, -0.2) is 25.5 Å². The lowest BCUT2D eigenvalue weighted by Crippen LogP contribution is -2.35. The van der Waals surface area contributed by atoms with Crippen LogP contribution in [0, 0.1) is 11.3 Å². The summed E-state index contributed by atoms with van der Waals surface area (Å²) in [7, 11) is 0. The first-order valence-corrected chi connectivity index (χ1v) is 5.46. The van der Waals surface area contributed by atoms with Crippen molar-refractivity contribution >= 4 is 5.91 Å². The highest BCUT2D eigenvalue weighted by Crippen LogP contribution is 2.32. The lowest BCUT2D eigenvalue weighted by molar-refractivity contribution is 0.0615. The maximum atomic E-state index is 11.9. The molecule has 0 bridgehead atoms. The molecule has 2 rings (SSSR count). The highest BCUT2D eigenvalue weighted by molar-refractivity contribution is 5.95. The number of hydrogen-bond acceptors (Lipinski definition) is 5. The number of amides is 1. The topological polar surface area (TPSA) is 80.6 Å². The second-order valence-corrected chi connectivity index (χ2v) is 3.51. The van der Waals surface area contributed by atoms with E-state index in [2.05, 4.69) is 5.32 Å². The van der Waals surface area contributed by atoms with Gasteiger partial charge < -0.3 is 19.5 Å². The van der Waals surface area contributed by atoms with Gasteiger partial charge in [-0.3, -0.25) is 4.79 Å². The van der Waals surface area contributed by atoms with Gasteiger partial charge in [0.2, 0.25) is 13.0 Å².